The number of hydrogen-bond donors (Lipinski definition) is 1. The van der Waals surface area contributed by atoms with E-state index in [2.05, 4.69) is 5.32 Å². The van der Waals surface area contributed by atoms with Crippen LogP contribution in [0.3, 0.4) is 0 Å². The maximum atomic E-state index is 13.6. The van der Waals surface area contributed by atoms with Gasteiger partial charge in [-0.05, 0) is 23.8 Å². The van der Waals surface area contributed by atoms with Crippen LogP contribution in [0.5, 0.6) is 0 Å². The number of halogens is 2. The number of carbonyl (C=O) groups is 2. The van der Waals surface area contributed by atoms with E-state index in [9.17, 15) is 18.4 Å². The summed E-state index contributed by atoms with van der Waals surface area (Å²) in [7, 11) is 0. The Morgan fingerprint density at radius 3 is 2.67 bits per heavy atom. The molecule has 1 aliphatic rings. The van der Waals surface area contributed by atoms with Crippen LogP contribution in [0, 0.1) is 11.6 Å². The van der Waals surface area contributed by atoms with Gasteiger partial charge in [-0.2, -0.15) is 0 Å². The highest BCUT2D eigenvalue weighted by molar-refractivity contribution is 5.96. The maximum Gasteiger partial charge on any atom is 0.225 e. The minimum Gasteiger partial charge on any atom is -0.324 e. The van der Waals surface area contributed by atoms with E-state index in [-0.39, 0.29) is 29.8 Å². The highest BCUT2D eigenvalue weighted by Crippen LogP contribution is 2.38. The minimum absolute atomic E-state index is 0.0592. The third-order valence-electron chi connectivity index (χ3n) is 4.09. The van der Waals surface area contributed by atoms with Gasteiger partial charge in [0.25, 0.3) is 0 Å². The van der Waals surface area contributed by atoms with Gasteiger partial charge in [-0.15, -0.1) is 0 Å². The van der Waals surface area contributed by atoms with Gasteiger partial charge in [0.2, 0.25) is 11.8 Å². The molecular weight excluding hydrogens is 314 g/mol. The van der Waals surface area contributed by atoms with Gasteiger partial charge in [0, 0.05) is 37.6 Å². The number of nitrogens with zero attached hydrogens (tertiary/aromatic N) is 1. The van der Waals surface area contributed by atoms with Gasteiger partial charge in [-0.25, -0.2) is 8.78 Å². The van der Waals surface area contributed by atoms with Crippen LogP contribution in [0.15, 0.2) is 42.5 Å². The van der Waals surface area contributed by atoms with E-state index in [0.29, 0.717) is 6.54 Å². The third kappa shape index (κ3) is 3.13. The second-order valence-corrected chi connectivity index (χ2v) is 5.76. The van der Waals surface area contributed by atoms with Gasteiger partial charge in [0.05, 0.1) is 5.69 Å². The number of carbonyl (C=O) groups excluding carboxylic acids is 2. The Morgan fingerprint density at radius 2 is 1.96 bits per heavy atom. The molecule has 4 nitrogen and oxygen atoms in total. The van der Waals surface area contributed by atoms with Crippen LogP contribution < -0.4 is 10.2 Å². The van der Waals surface area contributed by atoms with Crippen LogP contribution in [-0.2, 0) is 9.59 Å². The molecule has 0 saturated heterocycles. The summed E-state index contributed by atoms with van der Waals surface area (Å²) in [5.41, 5.74) is 1.66. The van der Waals surface area contributed by atoms with Gasteiger partial charge >= 0.3 is 0 Å². The van der Waals surface area contributed by atoms with Crippen molar-refractivity contribution < 1.29 is 18.4 Å². The van der Waals surface area contributed by atoms with Crippen molar-refractivity contribution in [3.8, 4) is 0 Å². The van der Waals surface area contributed by atoms with Crippen molar-refractivity contribution in [3.05, 3.63) is 59.7 Å². The molecule has 0 bridgehead atoms. The predicted molar refractivity (Wildman–Crippen MR) is 86.8 cm³/mol. The molecule has 1 heterocycles. The molecule has 1 unspecified atom stereocenters. The number of hydrogen-bond acceptors (Lipinski definition) is 2. The fraction of sp³-hybridized carbons (Fsp3) is 0.222. The maximum absolute atomic E-state index is 13.6. The van der Waals surface area contributed by atoms with E-state index >= 15 is 0 Å². The lowest BCUT2D eigenvalue weighted by Gasteiger charge is -2.15. The van der Waals surface area contributed by atoms with Crippen LogP contribution in [0.4, 0.5) is 20.2 Å². The molecule has 6 heteroatoms. The smallest absolute Gasteiger partial charge is 0.225 e. The summed E-state index contributed by atoms with van der Waals surface area (Å²) in [6.07, 6.45) is 0.109. The number of nitrogens with one attached hydrogen (secondary N) is 1. The van der Waals surface area contributed by atoms with Gasteiger partial charge in [0.15, 0.2) is 0 Å². The normalized spacial score (nSPS) is 16.0. The topological polar surface area (TPSA) is 49.4 Å². The Kier molecular flexibility index (Phi) is 4.29. The summed E-state index contributed by atoms with van der Waals surface area (Å²) in [6.45, 7) is 1.89. The number of fused-ring (bicyclic) bond motifs is 1. The number of benzene rings is 2. The average molecular weight is 330 g/mol. The molecule has 1 N–H and O–H groups in total. The standard InChI is InChI=1S/C18H16F2N2O2/c1-11(23)22-10-12(14-4-2-3-5-17(14)22)8-18(24)21-16-7-6-13(19)9-15(16)20/h2-7,9,12H,8,10H2,1H3,(H,21,24). The van der Waals surface area contributed by atoms with Crippen molar-refractivity contribution in [1.29, 1.82) is 0 Å². The summed E-state index contributed by atoms with van der Waals surface area (Å²) in [4.78, 5) is 25.6. The molecule has 1 aliphatic heterocycles. The van der Waals surface area contributed by atoms with E-state index in [1.165, 1.54) is 13.0 Å². The largest absolute Gasteiger partial charge is 0.324 e. The van der Waals surface area contributed by atoms with Crippen molar-refractivity contribution in [2.45, 2.75) is 19.3 Å². The lowest BCUT2D eigenvalue weighted by atomic mass is 9.97. The zero-order valence-corrected chi connectivity index (χ0v) is 13.1. The van der Waals surface area contributed by atoms with Gasteiger partial charge in [-0.3, -0.25) is 9.59 Å². The molecule has 0 aliphatic carbocycles. The van der Waals surface area contributed by atoms with E-state index in [1.54, 1.807) is 4.90 Å². The van der Waals surface area contributed by atoms with Crippen LogP contribution in [0.2, 0.25) is 0 Å². The van der Waals surface area contributed by atoms with Gasteiger partial charge in [0.1, 0.15) is 11.6 Å². The van der Waals surface area contributed by atoms with Crippen LogP contribution in [0.1, 0.15) is 24.8 Å². The third-order valence-corrected chi connectivity index (χ3v) is 4.09. The molecule has 3 rings (SSSR count). The summed E-state index contributed by atoms with van der Waals surface area (Å²) in [5.74, 6) is -2.15. The molecule has 0 saturated carbocycles. The number of amides is 2. The summed E-state index contributed by atoms with van der Waals surface area (Å²) >= 11 is 0. The van der Waals surface area contributed by atoms with Crippen molar-refractivity contribution >= 4 is 23.2 Å². The molecule has 2 aromatic rings. The summed E-state index contributed by atoms with van der Waals surface area (Å²) in [5, 5.41) is 2.46. The van der Waals surface area contributed by atoms with Gasteiger partial charge < -0.3 is 10.2 Å². The van der Waals surface area contributed by atoms with Crippen LogP contribution >= 0.6 is 0 Å². The molecular formula is C18H16F2N2O2. The highest BCUT2D eigenvalue weighted by Gasteiger charge is 2.31. The number of rotatable bonds is 3. The average Bonchev–Trinajstić information content (AvgIpc) is 2.89. The van der Waals surface area contributed by atoms with E-state index in [1.807, 2.05) is 24.3 Å². The molecule has 24 heavy (non-hydrogen) atoms. The second-order valence-electron chi connectivity index (χ2n) is 5.76. The molecule has 0 radical (unpaired) electrons. The zero-order valence-electron chi connectivity index (χ0n) is 13.1. The van der Waals surface area contributed by atoms with Crippen molar-refractivity contribution in [3.63, 3.8) is 0 Å². The SMILES string of the molecule is CC(=O)N1CC(CC(=O)Nc2ccc(F)cc2F)c2ccccc21. The summed E-state index contributed by atoms with van der Waals surface area (Å²) < 4.78 is 26.5. The first-order valence-electron chi connectivity index (χ1n) is 7.57. The lowest BCUT2D eigenvalue weighted by molar-refractivity contribution is -0.118. The molecule has 1 atom stereocenters. The number of anilines is 2. The Morgan fingerprint density at radius 1 is 1.21 bits per heavy atom. The molecule has 124 valence electrons. The Hall–Kier alpha value is -2.76. The first-order valence-corrected chi connectivity index (χ1v) is 7.57. The van der Waals surface area contributed by atoms with E-state index < -0.39 is 11.6 Å². The summed E-state index contributed by atoms with van der Waals surface area (Å²) in [6, 6.07) is 10.4. The molecule has 0 fully saturated rings. The fourth-order valence-corrected chi connectivity index (χ4v) is 2.98. The van der Waals surface area contributed by atoms with Gasteiger partial charge in [-0.1, -0.05) is 18.2 Å². The first-order chi connectivity index (χ1) is 11.5. The quantitative estimate of drug-likeness (QED) is 0.937. The molecule has 2 aromatic carbocycles. The molecule has 0 spiro atoms. The highest BCUT2D eigenvalue weighted by atomic mass is 19.1. The fourth-order valence-electron chi connectivity index (χ4n) is 2.98. The minimum atomic E-state index is -0.819. The molecule has 0 aromatic heterocycles. The molecule has 2 amide bonds. The number of para-hydroxylation sites is 1. The first kappa shape index (κ1) is 16.1. The van der Waals surface area contributed by atoms with Crippen LogP contribution in [0.25, 0.3) is 0 Å². The zero-order chi connectivity index (χ0) is 17.3. The monoisotopic (exact) mass is 330 g/mol. The second kappa shape index (κ2) is 6.39. The lowest BCUT2D eigenvalue weighted by Crippen LogP contribution is -2.28. The van der Waals surface area contributed by atoms with Crippen molar-refractivity contribution in [2.75, 3.05) is 16.8 Å². The Balaban J connectivity index is 1.74. The van der Waals surface area contributed by atoms with Crippen LogP contribution in [-0.4, -0.2) is 18.4 Å². The van der Waals surface area contributed by atoms with E-state index in [0.717, 1.165) is 23.4 Å². The van der Waals surface area contributed by atoms with Crippen molar-refractivity contribution in [1.82, 2.24) is 0 Å². The van der Waals surface area contributed by atoms with E-state index in [4.69, 9.17) is 0 Å². The van der Waals surface area contributed by atoms with Crippen molar-refractivity contribution in [2.24, 2.45) is 0 Å². The Bertz CT molecular complexity index is 807. The Labute approximate surface area is 138 Å². The predicted octanol–water partition coefficient (Wildman–Crippen LogP) is 3.44.